The molecular formula is C12H16N4. The molecule has 16 heavy (non-hydrogen) atoms. The lowest BCUT2D eigenvalue weighted by Gasteiger charge is -1.98. The average Bonchev–Trinajstić information content (AvgIpc) is 2.69. The molecule has 0 fully saturated rings. The fourth-order valence-electron chi connectivity index (χ4n) is 1.67. The van der Waals surface area contributed by atoms with Crippen LogP contribution >= 0.6 is 0 Å². The third-order valence-electron chi connectivity index (χ3n) is 2.60. The van der Waals surface area contributed by atoms with Gasteiger partial charge < -0.3 is 10.3 Å². The number of imidazole rings is 1. The molecule has 2 aromatic heterocycles. The highest BCUT2D eigenvalue weighted by molar-refractivity contribution is 5.30. The lowest BCUT2D eigenvalue weighted by atomic mass is 10.1. The molecule has 84 valence electrons. The van der Waals surface area contributed by atoms with Crippen molar-refractivity contribution >= 4 is 5.95 Å². The molecule has 0 spiro atoms. The number of aryl methyl sites for hydroxylation is 3. The molecule has 0 aliphatic rings. The molecule has 4 nitrogen and oxygen atoms in total. The summed E-state index contributed by atoms with van der Waals surface area (Å²) in [5.74, 6) is 0.832. The van der Waals surface area contributed by atoms with Crippen molar-refractivity contribution in [1.29, 1.82) is 0 Å². The van der Waals surface area contributed by atoms with Gasteiger partial charge in [-0.1, -0.05) is 6.07 Å². The minimum Gasteiger partial charge on any atom is -0.359 e. The first kappa shape index (κ1) is 10.7. The summed E-state index contributed by atoms with van der Waals surface area (Å²) in [6.07, 6.45) is 5.61. The van der Waals surface area contributed by atoms with E-state index >= 15 is 0 Å². The van der Waals surface area contributed by atoms with Crippen LogP contribution in [-0.4, -0.2) is 22.0 Å². The smallest absolute Gasteiger partial charge is 0.200 e. The van der Waals surface area contributed by atoms with E-state index in [0.717, 1.165) is 30.2 Å². The predicted molar refractivity (Wildman–Crippen MR) is 64.5 cm³/mol. The summed E-state index contributed by atoms with van der Waals surface area (Å²) in [4.78, 5) is 11.7. The van der Waals surface area contributed by atoms with Crippen LogP contribution in [0.4, 0.5) is 5.95 Å². The molecule has 2 heterocycles. The highest BCUT2D eigenvalue weighted by Crippen LogP contribution is 2.11. The summed E-state index contributed by atoms with van der Waals surface area (Å²) in [6, 6.07) is 4.06. The number of rotatable bonds is 4. The molecule has 0 aliphatic heterocycles. The highest BCUT2D eigenvalue weighted by atomic mass is 15.1. The Bertz CT molecular complexity index is 447. The highest BCUT2D eigenvalue weighted by Gasteiger charge is 2.05. The molecular weight excluding hydrogens is 200 g/mol. The molecule has 0 aliphatic carbocycles. The molecule has 0 unspecified atom stereocenters. The van der Waals surface area contributed by atoms with Crippen molar-refractivity contribution in [2.45, 2.75) is 19.8 Å². The van der Waals surface area contributed by atoms with E-state index in [1.54, 1.807) is 6.20 Å². The van der Waals surface area contributed by atoms with Gasteiger partial charge in [0.1, 0.15) is 0 Å². The SMILES string of the molecule is CNc1nc(CCc2cccnc2)c(C)[nH]1. The summed E-state index contributed by atoms with van der Waals surface area (Å²) >= 11 is 0. The summed E-state index contributed by atoms with van der Waals surface area (Å²) in [6.45, 7) is 2.05. The van der Waals surface area contributed by atoms with Gasteiger partial charge in [-0.15, -0.1) is 0 Å². The lowest BCUT2D eigenvalue weighted by molar-refractivity contribution is 0.907. The standard InChI is InChI=1S/C12H16N4/c1-9-11(16-12(13-2)15-9)6-5-10-4-3-7-14-8-10/h3-4,7-8H,5-6H2,1-2H3,(H2,13,15,16). The third-order valence-corrected chi connectivity index (χ3v) is 2.60. The van der Waals surface area contributed by atoms with Crippen LogP contribution in [0.5, 0.6) is 0 Å². The molecule has 0 amide bonds. The zero-order chi connectivity index (χ0) is 11.4. The summed E-state index contributed by atoms with van der Waals surface area (Å²) in [7, 11) is 1.86. The lowest BCUT2D eigenvalue weighted by Crippen LogP contribution is -1.94. The molecule has 2 N–H and O–H groups in total. The van der Waals surface area contributed by atoms with Crippen LogP contribution in [0.15, 0.2) is 24.5 Å². The van der Waals surface area contributed by atoms with E-state index in [0.29, 0.717) is 0 Å². The quantitative estimate of drug-likeness (QED) is 0.821. The van der Waals surface area contributed by atoms with Crippen molar-refractivity contribution in [3.63, 3.8) is 0 Å². The number of anilines is 1. The van der Waals surface area contributed by atoms with Crippen LogP contribution in [0.3, 0.4) is 0 Å². The Kier molecular flexibility index (Phi) is 3.19. The van der Waals surface area contributed by atoms with Crippen LogP contribution in [0.1, 0.15) is 17.0 Å². The molecule has 0 atom stereocenters. The van der Waals surface area contributed by atoms with Gasteiger partial charge >= 0.3 is 0 Å². The number of pyridine rings is 1. The molecule has 0 aromatic carbocycles. The van der Waals surface area contributed by atoms with E-state index in [4.69, 9.17) is 0 Å². The summed E-state index contributed by atoms with van der Waals surface area (Å²) in [5.41, 5.74) is 3.50. The van der Waals surface area contributed by atoms with Crippen molar-refractivity contribution in [2.24, 2.45) is 0 Å². The van der Waals surface area contributed by atoms with Crippen LogP contribution in [-0.2, 0) is 12.8 Å². The van der Waals surface area contributed by atoms with Gasteiger partial charge in [-0.25, -0.2) is 4.98 Å². The van der Waals surface area contributed by atoms with E-state index in [2.05, 4.69) is 26.3 Å². The van der Waals surface area contributed by atoms with Gasteiger partial charge in [-0.2, -0.15) is 0 Å². The Hall–Kier alpha value is -1.84. The van der Waals surface area contributed by atoms with E-state index in [1.807, 2.05) is 26.2 Å². The summed E-state index contributed by atoms with van der Waals surface area (Å²) in [5, 5.41) is 3.01. The van der Waals surface area contributed by atoms with Crippen LogP contribution in [0.25, 0.3) is 0 Å². The molecule has 0 radical (unpaired) electrons. The number of aromatic nitrogens is 3. The Morgan fingerprint density at radius 1 is 1.38 bits per heavy atom. The van der Waals surface area contributed by atoms with Gasteiger partial charge in [0.25, 0.3) is 0 Å². The number of aromatic amines is 1. The van der Waals surface area contributed by atoms with E-state index in [-0.39, 0.29) is 0 Å². The predicted octanol–water partition coefficient (Wildman–Crippen LogP) is 1.94. The van der Waals surface area contributed by atoms with Crippen molar-refractivity contribution < 1.29 is 0 Å². The second kappa shape index (κ2) is 4.79. The minimum atomic E-state index is 0.832. The van der Waals surface area contributed by atoms with Crippen molar-refractivity contribution in [1.82, 2.24) is 15.0 Å². The van der Waals surface area contributed by atoms with E-state index in [9.17, 15) is 0 Å². The number of hydrogen-bond acceptors (Lipinski definition) is 3. The maximum Gasteiger partial charge on any atom is 0.200 e. The van der Waals surface area contributed by atoms with Crippen LogP contribution in [0, 0.1) is 6.92 Å². The van der Waals surface area contributed by atoms with Crippen molar-refractivity contribution in [3.8, 4) is 0 Å². The maximum atomic E-state index is 4.46. The van der Waals surface area contributed by atoms with Gasteiger partial charge in [0, 0.05) is 25.1 Å². The average molecular weight is 216 g/mol. The third kappa shape index (κ3) is 2.39. The first-order valence-electron chi connectivity index (χ1n) is 5.41. The van der Waals surface area contributed by atoms with Gasteiger partial charge in [0.15, 0.2) is 5.95 Å². The topological polar surface area (TPSA) is 53.6 Å². The first-order chi connectivity index (χ1) is 7.79. The Balaban J connectivity index is 2.02. The molecule has 4 heteroatoms. The van der Waals surface area contributed by atoms with E-state index < -0.39 is 0 Å². The minimum absolute atomic E-state index is 0.832. The number of H-pyrrole nitrogens is 1. The molecule has 2 aromatic rings. The number of hydrogen-bond donors (Lipinski definition) is 2. The Labute approximate surface area is 95.1 Å². The zero-order valence-electron chi connectivity index (χ0n) is 9.62. The van der Waals surface area contributed by atoms with Crippen molar-refractivity contribution in [2.75, 3.05) is 12.4 Å². The Morgan fingerprint density at radius 2 is 2.25 bits per heavy atom. The first-order valence-corrected chi connectivity index (χ1v) is 5.41. The van der Waals surface area contributed by atoms with Gasteiger partial charge in [-0.3, -0.25) is 4.98 Å². The second-order valence-corrected chi connectivity index (χ2v) is 3.77. The molecule has 0 saturated heterocycles. The van der Waals surface area contributed by atoms with Crippen LogP contribution in [0.2, 0.25) is 0 Å². The second-order valence-electron chi connectivity index (χ2n) is 3.77. The maximum absolute atomic E-state index is 4.46. The summed E-state index contributed by atoms with van der Waals surface area (Å²) < 4.78 is 0. The largest absolute Gasteiger partial charge is 0.359 e. The van der Waals surface area contributed by atoms with Crippen molar-refractivity contribution in [3.05, 3.63) is 41.5 Å². The van der Waals surface area contributed by atoms with Gasteiger partial charge in [0.2, 0.25) is 0 Å². The molecule has 0 bridgehead atoms. The number of nitrogens with one attached hydrogen (secondary N) is 2. The molecule has 0 saturated carbocycles. The van der Waals surface area contributed by atoms with Gasteiger partial charge in [-0.05, 0) is 31.4 Å². The Morgan fingerprint density at radius 3 is 2.88 bits per heavy atom. The fraction of sp³-hybridized carbons (Fsp3) is 0.333. The monoisotopic (exact) mass is 216 g/mol. The number of nitrogens with zero attached hydrogens (tertiary/aromatic N) is 2. The van der Waals surface area contributed by atoms with Crippen LogP contribution < -0.4 is 5.32 Å². The zero-order valence-corrected chi connectivity index (χ0v) is 9.62. The van der Waals surface area contributed by atoms with E-state index in [1.165, 1.54) is 5.56 Å². The molecule has 2 rings (SSSR count). The van der Waals surface area contributed by atoms with Gasteiger partial charge in [0.05, 0.1) is 5.69 Å². The fourth-order valence-corrected chi connectivity index (χ4v) is 1.67. The normalized spacial score (nSPS) is 10.4.